The van der Waals surface area contributed by atoms with Crippen LogP contribution < -0.4 is 22.5 Å². The minimum absolute atomic E-state index is 0.179. The summed E-state index contributed by atoms with van der Waals surface area (Å²) in [6.45, 7) is 17.0. The maximum atomic E-state index is 7.07. The van der Waals surface area contributed by atoms with E-state index in [4.69, 9.17) is 31.4 Å². The van der Waals surface area contributed by atoms with Gasteiger partial charge in [0.15, 0.2) is 0 Å². The van der Waals surface area contributed by atoms with E-state index in [-0.39, 0.29) is 5.41 Å². The molecule has 7 nitrogen and oxygen atoms in total. The summed E-state index contributed by atoms with van der Waals surface area (Å²) in [5, 5.41) is 3.82. The summed E-state index contributed by atoms with van der Waals surface area (Å²) in [7, 11) is 0. The molecule has 0 aromatic heterocycles. The van der Waals surface area contributed by atoms with E-state index >= 15 is 0 Å². The molecule has 0 aliphatic heterocycles. The van der Waals surface area contributed by atoms with Gasteiger partial charge in [-0.1, -0.05) is 111 Å². The van der Waals surface area contributed by atoms with Crippen LogP contribution in [-0.4, -0.2) is 70.9 Å². The lowest BCUT2D eigenvalue weighted by Crippen LogP contribution is -2.63. The van der Waals surface area contributed by atoms with Crippen LogP contribution in [0.5, 0.6) is 0 Å². The van der Waals surface area contributed by atoms with Gasteiger partial charge in [-0.05, 0) is 157 Å². The van der Waals surface area contributed by atoms with Crippen molar-refractivity contribution in [1.82, 2.24) is 5.32 Å². The molecule has 0 spiro atoms. The zero-order valence-corrected chi connectivity index (χ0v) is 37.7. The Balaban J connectivity index is 1.26. The highest BCUT2D eigenvalue weighted by molar-refractivity contribution is 5.15. The second kappa shape index (κ2) is 26.8. The van der Waals surface area contributed by atoms with Crippen LogP contribution in [0.3, 0.4) is 0 Å². The Labute approximate surface area is 347 Å². The highest BCUT2D eigenvalue weighted by Crippen LogP contribution is 2.69. The first-order valence-electron chi connectivity index (χ1n) is 25.0. The Morgan fingerprint density at radius 2 is 1.18 bits per heavy atom. The van der Waals surface area contributed by atoms with Gasteiger partial charge in [0.1, 0.15) is 0 Å². The van der Waals surface area contributed by atoms with E-state index in [9.17, 15) is 0 Å². The van der Waals surface area contributed by atoms with Crippen LogP contribution in [0, 0.1) is 46.3 Å². The van der Waals surface area contributed by atoms with Gasteiger partial charge < -0.3 is 36.7 Å². The number of hydrogen-bond donors (Lipinski definition) is 4. The lowest BCUT2D eigenvalue weighted by atomic mass is 9.43. The second-order valence-corrected chi connectivity index (χ2v) is 19.9. The van der Waals surface area contributed by atoms with E-state index in [2.05, 4.69) is 33.0 Å². The van der Waals surface area contributed by atoms with Crippen LogP contribution in [0.25, 0.3) is 0 Å². The molecule has 330 valence electrons. The number of ether oxygens (including phenoxy) is 3. The Kier molecular flexibility index (Phi) is 23.2. The molecule has 0 radical (unpaired) electrons. The average molecular weight is 789 g/mol. The molecule has 0 aromatic rings. The summed E-state index contributed by atoms with van der Waals surface area (Å²) in [5.74, 6) is 3.91. The molecule has 0 bridgehead atoms. The van der Waals surface area contributed by atoms with Gasteiger partial charge in [0.2, 0.25) is 0 Å². The first-order chi connectivity index (χ1) is 27.3. The van der Waals surface area contributed by atoms with E-state index in [1.807, 2.05) is 0 Å². The Morgan fingerprint density at radius 1 is 0.607 bits per heavy atom. The van der Waals surface area contributed by atoms with Gasteiger partial charge in [0, 0.05) is 25.2 Å². The van der Waals surface area contributed by atoms with E-state index in [0.717, 1.165) is 52.0 Å². The van der Waals surface area contributed by atoms with E-state index in [1.54, 1.807) is 0 Å². The SMILES string of the molecule is CCCCCCCCCCCCCCCCNCCC[C@@H](C)C1CC[C@H]2C3[C@H](OCCCN)CC4C[C@H](OCCCN)CCC4(C)[C@H]3C[C@H](OCCCN)[C@@]12C. The molecule has 4 unspecified atom stereocenters. The first kappa shape index (κ1) is 48.4. The van der Waals surface area contributed by atoms with E-state index < -0.39 is 0 Å². The van der Waals surface area contributed by atoms with Crippen LogP contribution in [-0.2, 0) is 14.2 Å². The predicted octanol–water partition coefficient (Wildman–Crippen LogP) is 10.6. The van der Waals surface area contributed by atoms with Gasteiger partial charge in [-0.2, -0.15) is 0 Å². The lowest BCUT2D eigenvalue weighted by Gasteiger charge is -2.65. The summed E-state index contributed by atoms with van der Waals surface area (Å²) >= 11 is 0. The molecule has 56 heavy (non-hydrogen) atoms. The maximum absolute atomic E-state index is 7.07. The van der Waals surface area contributed by atoms with Crippen molar-refractivity contribution in [3.8, 4) is 0 Å². The van der Waals surface area contributed by atoms with Gasteiger partial charge in [-0.15, -0.1) is 0 Å². The van der Waals surface area contributed by atoms with Crippen molar-refractivity contribution in [2.24, 2.45) is 63.5 Å². The zero-order chi connectivity index (χ0) is 40.1. The number of nitrogens with two attached hydrogens (primary N) is 3. The van der Waals surface area contributed by atoms with E-state index in [1.165, 1.54) is 148 Å². The Morgan fingerprint density at radius 3 is 1.80 bits per heavy atom. The summed E-state index contributed by atoms with van der Waals surface area (Å²) in [6, 6.07) is 0. The van der Waals surface area contributed by atoms with Crippen molar-refractivity contribution in [2.75, 3.05) is 52.5 Å². The zero-order valence-electron chi connectivity index (χ0n) is 37.7. The molecule has 4 rings (SSSR count). The van der Waals surface area contributed by atoms with Crippen LogP contribution in [0.2, 0.25) is 0 Å². The van der Waals surface area contributed by atoms with Gasteiger partial charge >= 0.3 is 0 Å². The van der Waals surface area contributed by atoms with Crippen LogP contribution in [0.4, 0.5) is 0 Å². The standard InChI is InChI=1S/C49H96N4O3/c1-5-6-7-8-9-10-11-12-13-14-15-16-17-18-31-53-32-19-23-39(2)42-24-25-43-47-44(38-46(49(42,43)4)56-35-22-30-52)48(3)27-26-41(54-33-20-28-50)36-40(48)37-45(47)55-34-21-29-51/h39-47,53H,5-38,50-52H2,1-4H3/t39-,40?,41-,42?,43+,44+,45-,46+,47?,48?,49+/m1/s1. The summed E-state index contributed by atoms with van der Waals surface area (Å²) in [6.07, 6.45) is 35.0. The molecule has 0 heterocycles. The molecular formula is C49H96N4O3. The topological polar surface area (TPSA) is 118 Å². The third kappa shape index (κ3) is 13.9. The molecule has 0 aromatic carbocycles. The minimum atomic E-state index is 0.179. The molecule has 11 atom stereocenters. The van der Waals surface area contributed by atoms with E-state index in [0.29, 0.717) is 78.9 Å². The molecule has 4 saturated carbocycles. The van der Waals surface area contributed by atoms with Gasteiger partial charge in [-0.3, -0.25) is 0 Å². The number of unbranched alkanes of at least 4 members (excludes halogenated alkanes) is 13. The number of nitrogens with one attached hydrogen (secondary N) is 1. The maximum Gasteiger partial charge on any atom is 0.0637 e. The van der Waals surface area contributed by atoms with Crippen molar-refractivity contribution in [3.63, 3.8) is 0 Å². The fourth-order valence-electron chi connectivity index (χ4n) is 12.9. The molecule has 4 aliphatic carbocycles. The third-order valence-corrected chi connectivity index (χ3v) is 16.2. The summed E-state index contributed by atoms with van der Waals surface area (Å²) in [4.78, 5) is 0. The number of hydrogen-bond acceptors (Lipinski definition) is 7. The molecule has 4 aliphatic rings. The first-order valence-corrected chi connectivity index (χ1v) is 25.0. The Hall–Kier alpha value is -0.280. The molecule has 7 N–H and O–H groups in total. The molecular weight excluding hydrogens is 693 g/mol. The van der Waals surface area contributed by atoms with Crippen LogP contribution >= 0.6 is 0 Å². The normalized spacial score (nSPS) is 33.3. The highest BCUT2D eigenvalue weighted by atomic mass is 16.5. The Bertz CT molecular complexity index is 1000. The van der Waals surface area contributed by atoms with Gasteiger partial charge in [0.05, 0.1) is 18.3 Å². The lowest BCUT2D eigenvalue weighted by molar-refractivity contribution is -0.227. The summed E-state index contributed by atoms with van der Waals surface area (Å²) in [5.41, 5.74) is 18.3. The molecule has 0 amide bonds. The molecule has 4 fully saturated rings. The third-order valence-electron chi connectivity index (χ3n) is 16.2. The monoisotopic (exact) mass is 789 g/mol. The van der Waals surface area contributed by atoms with Crippen molar-refractivity contribution in [3.05, 3.63) is 0 Å². The van der Waals surface area contributed by atoms with Crippen molar-refractivity contribution >= 4 is 0 Å². The second-order valence-electron chi connectivity index (χ2n) is 19.9. The smallest absolute Gasteiger partial charge is 0.0637 e. The van der Waals surface area contributed by atoms with Crippen LogP contribution in [0.1, 0.15) is 195 Å². The fraction of sp³-hybridized carbons (Fsp3) is 1.00. The minimum Gasteiger partial charge on any atom is -0.378 e. The van der Waals surface area contributed by atoms with Crippen molar-refractivity contribution in [1.29, 1.82) is 0 Å². The summed E-state index contributed by atoms with van der Waals surface area (Å²) < 4.78 is 20.5. The van der Waals surface area contributed by atoms with Crippen molar-refractivity contribution < 1.29 is 14.2 Å². The molecule has 7 heteroatoms. The molecule has 0 saturated heterocycles. The van der Waals surface area contributed by atoms with Gasteiger partial charge in [-0.25, -0.2) is 0 Å². The fourth-order valence-corrected chi connectivity index (χ4v) is 12.9. The average Bonchev–Trinajstić information content (AvgIpc) is 3.56. The quantitative estimate of drug-likeness (QED) is 0.0501. The van der Waals surface area contributed by atoms with Gasteiger partial charge in [0.25, 0.3) is 0 Å². The largest absolute Gasteiger partial charge is 0.378 e. The predicted molar refractivity (Wildman–Crippen MR) is 238 cm³/mol. The highest BCUT2D eigenvalue weighted by Gasteiger charge is 2.66. The number of fused-ring (bicyclic) bond motifs is 5. The number of rotatable bonds is 32. The van der Waals surface area contributed by atoms with Crippen LogP contribution in [0.15, 0.2) is 0 Å². The van der Waals surface area contributed by atoms with Crippen molar-refractivity contribution in [2.45, 2.75) is 213 Å².